The fourth-order valence-corrected chi connectivity index (χ4v) is 1.90. The monoisotopic (exact) mass is 346 g/mol. The van der Waals surface area contributed by atoms with E-state index >= 15 is 0 Å². The van der Waals surface area contributed by atoms with Crippen molar-refractivity contribution in [3.8, 4) is 0 Å². The van der Waals surface area contributed by atoms with Gasteiger partial charge in [-0.2, -0.15) is 13.2 Å². The van der Waals surface area contributed by atoms with E-state index in [1.807, 2.05) is 6.92 Å². The number of carbonyl (C=O) groups excluding carboxylic acids is 1. The third-order valence-corrected chi connectivity index (χ3v) is 4.23. The van der Waals surface area contributed by atoms with E-state index in [1.54, 1.807) is 27.7 Å². The number of hydrogen-bond acceptors (Lipinski definition) is 2. The minimum Gasteiger partial charge on any atom is -0.462 e. The van der Waals surface area contributed by atoms with Crippen molar-refractivity contribution in [2.24, 2.45) is 11.3 Å². The Kier molecular flexibility index (Phi) is 7.97. The molecule has 0 bridgehead atoms. The van der Waals surface area contributed by atoms with Crippen molar-refractivity contribution >= 4 is 5.97 Å². The van der Waals surface area contributed by atoms with Gasteiger partial charge in [0.05, 0.1) is 5.41 Å². The maximum Gasteiger partial charge on any atom is 0.394 e. The summed E-state index contributed by atoms with van der Waals surface area (Å²) in [6, 6.07) is 0. The Hall–Kier alpha value is -0.880. The summed E-state index contributed by atoms with van der Waals surface area (Å²) in [6.45, 7) is 8.71. The lowest BCUT2D eigenvalue weighted by molar-refractivity contribution is -0.192. The number of esters is 1. The second-order valence-electron chi connectivity index (χ2n) is 6.75. The second-order valence-corrected chi connectivity index (χ2v) is 6.75. The van der Waals surface area contributed by atoms with Crippen LogP contribution in [0.5, 0.6) is 0 Å². The molecule has 0 saturated carbocycles. The predicted octanol–water partition coefficient (Wildman–Crippen LogP) is 5.75. The van der Waals surface area contributed by atoms with Crippen molar-refractivity contribution < 1.29 is 31.5 Å². The summed E-state index contributed by atoms with van der Waals surface area (Å²) in [5.74, 6) is -4.56. The third-order valence-electron chi connectivity index (χ3n) is 4.23. The molecule has 0 saturated heterocycles. The Morgan fingerprint density at radius 1 is 1.09 bits per heavy atom. The average molecular weight is 346 g/mol. The van der Waals surface area contributed by atoms with Crippen molar-refractivity contribution in [1.82, 2.24) is 0 Å². The molecule has 0 aliphatic rings. The van der Waals surface area contributed by atoms with Crippen LogP contribution in [0.3, 0.4) is 0 Å². The molecule has 7 heteroatoms. The van der Waals surface area contributed by atoms with Gasteiger partial charge in [0.2, 0.25) is 0 Å². The van der Waals surface area contributed by atoms with Gasteiger partial charge < -0.3 is 4.74 Å². The first kappa shape index (κ1) is 22.1. The number of carbonyl (C=O) groups is 1. The molecule has 0 rings (SSSR count). The molecule has 0 fully saturated rings. The molecule has 2 nitrogen and oxygen atoms in total. The normalized spacial score (nSPS) is 16.1. The summed E-state index contributed by atoms with van der Waals surface area (Å²) in [4.78, 5) is 12.1. The van der Waals surface area contributed by atoms with Gasteiger partial charge in [0.15, 0.2) is 0 Å². The molecule has 0 spiro atoms. The summed E-state index contributed by atoms with van der Waals surface area (Å²) >= 11 is 0. The van der Waals surface area contributed by atoms with Crippen LogP contribution in [-0.2, 0) is 9.53 Å². The quantitative estimate of drug-likeness (QED) is 0.392. The van der Waals surface area contributed by atoms with E-state index in [-0.39, 0.29) is 12.3 Å². The summed E-state index contributed by atoms with van der Waals surface area (Å²) in [6.07, 6.45) is -8.03. The van der Waals surface area contributed by atoms with E-state index in [1.165, 1.54) is 0 Å². The van der Waals surface area contributed by atoms with Crippen LogP contribution in [0.4, 0.5) is 22.0 Å². The smallest absolute Gasteiger partial charge is 0.394 e. The number of rotatable bonds is 9. The van der Waals surface area contributed by atoms with Gasteiger partial charge in [-0.15, -0.1) is 0 Å². The average Bonchev–Trinajstić information content (AvgIpc) is 2.39. The van der Waals surface area contributed by atoms with Gasteiger partial charge in [0.1, 0.15) is 12.5 Å². The van der Waals surface area contributed by atoms with Gasteiger partial charge in [-0.1, -0.05) is 27.2 Å². The van der Waals surface area contributed by atoms with Crippen LogP contribution < -0.4 is 0 Å². The Morgan fingerprint density at radius 2 is 1.61 bits per heavy atom. The molecule has 0 N–H and O–H groups in total. The van der Waals surface area contributed by atoms with Crippen molar-refractivity contribution in [3.05, 3.63) is 0 Å². The van der Waals surface area contributed by atoms with Crippen LogP contribution in [0.1, 0.15) is 66.7 Å². The molecule has 0 aliphatic carbocycles. The molecule has 0 aromatic heterocycles. The maximum atomic E-state index is 13.4. The van der Waals surface area contributed by atoms with E-state index in [9.17, 15) is 26.7 Å². The zero-order valence-electron chi connectivity index (χ0n) is 14.4. The molecule has 0 amide bonds. The van der Waals surface area contributed by atoms with Gasteiger partial charge in [-0.05, 0) is 32.6 Å². The number of ether oxygens (including phenoxy) is 1. The first-order valence-corrected chi connectivity index (χ1v) is 7.89. The highest BCUT2D eigenvalue weighted by molar-refractivity contribution is 5.76. The Morgan fingerprint density at radius 3 is 2.00 bits per heavy atom. The highest BCUT2D eigenvalue weighted by Crippen LogP contribution is 2.36. The number of alkyl halides is 5. The minimum atomic E-state index is -4.92. The zero-order valence-corrected chi connectivity index (χ0v) is 14.4. The molecule has 23 heavy (non-hydrogen) atoms. The molecule has 0 aromatic rings. The molecule has 138 valence electrons. The standard InChI is InChI=1S/C16H27F5O2/c1-6-11(3)12(23-13(22)14(4,5)7-2)8-9-15(17,18)10-16(19,20)21/h11-12H,6-10H2,1-5H3. The maximum absolute atomic E-state index is 13.4. The summed E-state index contributed by atoms with van der Waals surface area (Å²) in [7, 11) is 0. The number of hydrogen-bond donors (Lipinski definition) is 0. The highest BCUT2D eigenvalue weighted by atomic mass is 19.4. The van der Waals surface area contributed by atoms with Crippen molar-refractivity contribution in [1.29, 1.82) is 0 Å². The Balaban J connectivity index is 4.86. The van der Waals surface area contributed by atoms with E-state index in [2.05, 4.69) is 0 Å². The molecule has 2 atom stereocenters. The summed E-state index contributed by atoms with van der Waals surface area (Å²) in [5, 5.41) is 0. The molecule has 0 heterocycles. The Labute approximate surface area is 134 Å². The highest BCUT2D eigenvalue weighted by Gasteiger charge is 2.44. The van der Waals surface area contributed by atoms with E-state index in [0.717, 1.165) is 0 Å². The fraction of sp³-hybridized carbons (Fsp3) is 0.938. The van der Waals surface area contributed by atoms with Gasteiger partial charge in [-0.25, -0.2) is 8.78 Å². The van der Waals surface area contributed by atoms with Gasteiger partial charge in [-0.3, -0.25) is 4.79 Å². The van der Waals surface area contributed by atoms with Gasteiger partial charge in [0.25, 0.3) is 5.92 Å². The lowest BCUT2D eigenvalue weighted by Crippen LogP contribution is -2.35. The van der Waals surface area contributed by atoms with E-state index < -0.39 is 42.4 Å². The first-order valence-electron chi connectivity index (χ1n) is 7.89. The minimum absolute atomic E-state index is 0.201. The predicted molar refractivity (Wildman–Crippen MR) is 78.3 cm³/mol. The summed E-state index contributed by atoms with van der Waals surface area (Å²) < 4.78 is 68.6. The molecule has 0 aromatic carbocycles. The topological polar surface area (TPSA) is 26.3 Å². The molecule has 0 aliphatic heterocycles. The molecular formula is C16H27F5O2. The van der Waals surface area contributed by atoms with Crippen molar-refractivity contribution in [2.75, 3.05) is 0 Å². The lowest BCUT2D eigenvalue weighted by atomic mass is 9.89. The van der Waals surface area contributed by atoms with Crippen LogP contribution in [0.2, 0.25) is 0 Å². The molecule has 0 radical (unpaired) electrons. The first-order chi connectivity index (χ1) is 10.2. The van der Waals surface area contributed by atoms with Crippen LogP contribution in [-0.4, -0.2) is 24.2 Å². The molecule has 2 unspecified atom stereocenters. The van der Waals surface area contributed by atoms with Gasteiger partial charge in [0, 0.05) is 6.42 Å². The van der Waals surface area contributed by atoms with E-state index in [4.69, 9.17) is 4.74 Å². The van der Waals surface area contributed by atoms with Crippen LogP contribution in [0.15, 0.2) is 0 Å². The van der Waals surface area contributed by atoms with Gasteiger partial charge >= 0.3 is 12.1 Å². The van der Waals surface area contributed by atoms with Crippen LogP contribution >= 0.6 is 0 Å². The number of halogens is 5. The van der Waals surface area contributed by atoms with Crippen LogP contribution in [0.25, 0.3) is 0 Å². The SMILES string of the molecule is CCC(C)C(CCC(F)(F)CC(F)(F)F)OC(=O)C(C)(C)CC. The zero-order chi connectivity index (χ0) is 18.5. The molecular weight excluding hydrogens is 319 g/mol. The second kappa shape index (κ2) is 8.29. The van der Waals surface area contributed by atoms with Crippen LogP contribution in [0, 0.1) is 11.3 Å². The largest absolute Gasteiger partial charge is 0.462 e. The van der Waals surface area contributed by atoms with Crippen molar-refractivity contribution in [3.63, 3.8) is 0 Å². The third kappa shape index (κ3) is 8.51. The fourth-order valence-electron chi connectivity index (χ4n) is 1.90. The lowest BCUT2D eigenvalue weighted by Gasteiger charge is -2.29. The van der Waals surface area contributed by atoms with Crippen molar-refractivity contribution in [2.45, 2.75) is 84.9 Å². The van der Waals surface area contributed by atoms with E-state index in [0.29, 0.717) is 12.8 Å². The Bertz CT molecular complexity index is 377. The summed E-state index contributed by atoms with van der Waals surface area (Å²) in [5.41, 5.74) is -0.750.